The third-order valence-electron chi connectivity index (χ3n) is 3.41. The fourth-order valence-corrected chi connectivity index (χ4v) is 3.16. The zero-order valence-corrected chi connectivity index (χ0v) is 13.3. The van der Waals surface area contributed by atoms with Crippen molar-refractivity contribution < 1.29 is 4.42 Å². The first-order valence-electron chi connectivity index (χ1n) is 6.87. The highest BCUT2D eigenvalue weighted by Gasteiger charge is 2.13. The summed E-state index contributed by atoms with van der Waals surface area (Å²) in [6.45, 7) is 0.213. The van der Waals surface area contributed by atoms with Gasteiger partial charge in [0.2, 0.25) is 0 Å². The number of rotatable bonds is 3. The van der Waals surface area contributed by atoms with Crippen LogP contribution in [0.1, 0.15) is 5.56 Å². The molecule has 0 saturated heterocycles. The first-order chi connectivity index (χ1) is 11.2. The van der Waals surface area contributed by atoms with Crippen LogP contribution < -0.4 is 5.76 Å². The van der Waals surface area contributed by atoms with Crippen molar-refractivity contribution in [1.29, 1.82) is 0 Å². The minimum atomic E-state index is -0.516. The number of thiophene rings is 1. The lowest BCUT2D eigenvalue weighted by Crippen LogP contribution is -2.17. The number of halogens is 1. The molecule has 1 aromatic carbocycles. The highest BCUT2D eigenvalue weighted by Crippen LogP contribution is 2.23. The molecule has 3 heterocycles. The van der Waals surface area contributed by atoms with Gasteiger partial charge in [-0.2, -0.15) is 4.68 Å². The van der Waals surface area contributed by atoms with Crippen LogP contribution in [-0.4, -0.2) is 14.8 Å². The largest absolute Gasteiger partial charge is 0.437 e. The van der Waals surface area contributed by atoms with E-state index in [-0.39, 0.29) is 6.54 Å². The van der Waals surface area contributed by atoms with E-state index in [0.717, 1.165) is 21.3 Å². The molecule has 23 heavy (non-hydrogen) atoms. The first-order valence-corrected chi connectivity index (χ1v) is 8.12. The predicted octanol–water partition coefficient (Wildman–Crippen LogP) is 3.81. The number of aromatic nitrogens is 3. The highest BCUT2D eigenvalue weighted by atomic mass is 35.5. The van der Waals surface area contributed by atoms with Crippen LogP contribution in [0.25, 0.3) is 21.7 Å². The second kappa shape index (κ2) is 5.64. The number of benzene rings is 1. The molecular formula is C16H10ClN3O2S. The molecule has 0 radical (unpaired) electrons. The Labute approximate surface area is 139 Å². The van der Waals surface area contributed by atoms with Crippen molar-refractivity contribution in [2.24, 2.45) is 0 Å². The van der Waals surface area contributed by atoms with Gasteiger partial charge in [0.05, 0.1) is 16.9 Å². The summed E-state index contributed by atoms with van der Waals surface area (Å²) in [4.78, 5) is 17.2. The van der Waals surface area contributed by atoms with Crippen molar-refractivity contribution in [2.75, 3.05) is 0 Å². The van der Waals surface area contributed by atoms with E-state index in [2.05, 4.69) is 10.1 Å². The van der Waals surface area contributed by atoms with E-state index in [9.17, 15) is 4.79 Å². The molecule has 0 aliphatic heterocycles. The number of nitrogens with zero attached hydrogens (tertiary/aromatic N) is 3. The molecule has 0 N–H and O–H groups in total. The third-order valence-corrected chi connectivity index (χ3v) is 4.59. The molecule has 114 valence electrons. The van der Waals surface area contributed by atoms with Gasteiger partial charge >= 0.3 is 5.76 Å². The van der Waals surface area contributed by atoms with E-state index in [1.807, 2.05) is 47.8 Å². The van der Waals surface area contributed by atoms with Gasteiger partial charge in [0.15, 0.2) is 0 Å². The Morgan fingerprint density at radius 1 is 1.22 bits per heavy atom. The molecule has 7 heteroatoms. The molecule has 0 spiro atoms. The van der Waals surface area contributed by atoms with Crippen LogP contribution in [0.5, 0.6) is 0 Å². The van der Waals surface area contributed by atoms with Gasteiger partial charge in [-0.05, 0) is 23.6 Å². The van der Waals surface area contributed by atoms with Gasteiger partial charge in [-0.1, -0.05) is 35.9 Å². The Bertz CT molecular complexity index is 1040. The second-order valence-corrected chi connectivity index (χ2v) is 6.24. The van der Waals surface area contributed by atoms with Crippen molar-refractivity contribution in [3.63, 3.8) is 0 Å². The fourth-order valence-electron chi connectivity index (χ4n) is 2.31. The monoisotopic (exact) mass is 343 g/mol. The maximum atomic E-state index is 12.0. The van der Waals surface area contributed by atoms with Crippen LogP contribution in [-0.2, 0) is 6.54 Å². The maximum Gasteiger partial charge on any atom is 0.437 e. The molecule has 3 aromatic heterocycles. The zero-order chi connectivity index (χ0) is 15.8. The highest BCUT2D eigenvalue weighted by molar-refractivity contribution is 7.13. The molecule has 0 saturated carbocycles. The topological polar surface area (TPSA) is 60.9 Å². The fraction of sp³-hybridized carbons (Fsp3) is 0.0625. The predicted molar refractivity (Wildman–Crippen MR) is 89.9 cm³/mol. The Hall–Kier alpha value is -2.44. The summed E-state index contributed by atoms with van der Waals surface area (Å²) in [5, 5.41) is 7.45. The molecule has 0 unspecified atom stereocenters. The summed E-state index contributed by atoms with van der Waals surface area (Å²) in [7, 11) is 0. The van der Waals surface area contributed by atoms with Crippen LogP contribution in [0.4, 0.5) is 0 Å². The average molecular weight is 344 g/mol. The van der Waals surface area contributed by atoms with Crippen LogP contribution in [0.3, 0.4) is 0 Å². The number of hydrogen-bond acceptors (Lipinski definition) is 5. The number of hydrogen-bond donors (Lipinski definition) is 0. The molecule has 5 nitrogen and oxygen atoms in total. The Balaban J connectivity index is 1.73. The minimum absolute atomic E-state index is 0.213. The van der Waals surface area contributed by atoms with E-state index in [0.29, 0.717) is 11.0 Å². The molecule has 0 aliphatic carbocycles. The van der Waals surface area contributed by atoms with E-state index in [1.54, 1.807) is 0 Å². The molecule has 0 fully saturated rings. The first kappa shape index (κ1) is 14.2. The minimum Gasteiger partial charge on any atom is -0.387 e. The Morgan fingerprint density at radius 2 is 2.09 bits per heavy atom. The van der Waals surface area contributed by atoms with Crippen LogP contribution in [0.2, 0.25) is 5.15 Å². The summed E-state index contributed by atoms with van der Waals surface area (Å²) >= 11 is 7.69. The van der Waals surface area contributed by atoms with Gasteiger partial charge in [0.1, 0.15) is 5.15 Å². The SMILES string of the molecule is O=c1oc(-c2cccs2)nn1Cc1cc2ccccc2nc1Cl. The zero-order valence-electron chi connectivity index (χ0n) is 11.8. The molecule has 0 amide bonds. The van der Waals surface area contributed by atoms with Gasteiger partial charge in [-0.25, -0.2) is 9.78 Å². The van der Waals surface area contributed by atoms with Crippen LogP contribution in [0, 0.1) is 0 Å². The van der Waals surface area contributed by atoms with Gasteiger partial charge in [0.25, 0.3) is 5.89 Å². The molecular weight excluding hydrogens is 334 g/mol. The van der Waals surface area contributed by atoms with Crippen molar-refractivity contribution in [2.45, 2.75) is 6.54 Å². The Morgan fingerprint density at radius 3 is 2.91 bits per heavy atom. The summed E-state index contributed by atoms with van der Waals surface area (Å²) in [5.41, 5.74) is 1.53. The van der Waals surface area contributed by atoms with Crippen molar-refractivity contribution in [3.05, 3.63) is 69.1 Å². The lowest BCUT2D eigenvalue weighted by Gasteiger charge is -2.05. The Kier molecular flexibility index (Phi) is 3.48. The normalized spacial score (nSPS) is 11.2. The van der Waals surface area contributed by atoms with Gasteiger partial charge in [-0.3, -0.25) is 0 Å². The van der Waals surface area contributed by atoms with Gasteiger partial charge < -0.3 is 4.42 Å². The van der Waals surface area contributed by atoms with Crippen LogP contribution in [0.15, 0.2) is 57.1 Å². The summed E-state index contributed by atoms with van der Waals surface area (Å²) in [6.07, 6.45) is 0. The van der Waals surface area contributed by atoms with E-state index in [1.165, 1.54) is 16.0 Å². The van der Waals surface area contributed by atoms with Gasteiger partial charge in [0, 0.05) is 10.9 Å². The average Bonchev–Trinajstić information content (AvgIpc) is 3.18. The van der Waals surface area contributed by atoms with E-state index < -0.39 is 5.76 Å². The maximum absolute atomic E-state index is 12.0. The van der Waals surface area contributed by atoms with Crippen molar-refractivity contribution in [1.82, 2.24) is 14.8 Å². The summed E-state index contributed by atoms with van der Waals surface area (Å²) < 4.78 is 6.46. The summed E-state index contributed by atoms with van der Waals surface area (Å²) in [6, 6.07) is 13.3. The molecule has 4 aromatic rings. The van der Waals surface area contributed by atoms with E-state index in [4.69, 9.17) is 16.0 Å². The molecule has 0 bridgehead atoms. The number of para-hydroxylation sites is 1. The van der Waals surface area contributed by atoms with E-state index >= 15 is 0 Å². The molecule has 0 atom stereocenters. The second-order valence-electron chi connectivity index (χ2n) is 4.94. The van der Waals surface area contributed by atoms with Gasteiger partial charge in [-0.15, -0.1) is 16.4 Å². The smallest absolute Gasteiger partial charge is 0.387 e. The third kappa shape index (κ3) is 2.67. The van der Waals surface area contributed by atoms with Crippen molar-refractivity contribution in [3.8, 4) is 10.8 Å². The quantitative estimate of drug-likeness (QED) is 0.531. The molecule has 0 aliphatic rings. The number of pyridine rings is 1. The van der Waals surface area contributed by atoms with Crippen molar-refractivity contribution >= 4 is 33.8 Å². The van der Waals surface area contributed by atoms with Crippen LogP contribution >= 0.6 is 22.9 Å². The lowest BCUT2D eigenvalue weighted by molar-refractivity contribution is 0.495. The standard InChI is InChI=1S/C16H10ClN3O2S/c17-14-11(8-10-4-1-2-5-12(10)18-14)9-20-16(21)22-15(19-20)13-6-3-7-23-13/h1-8H,9H2. The number of fused-ring (bicyclic) bond motifs is 1. The summed E-state index contributed by atoms with van der Waals surface area (Å²) in [5.74, 6) is -0.201. The lowest BCUT2D eigenvalue weighted by atomic mass is 10.1. The molecule has 4 rings (SSSR count).